The minimum absolute atomic E-state index is 0.121. The Morgan fingerprint density at radius 3 is 2.58 bits per heavy atom. The summed E-state index contributed by atoms with van der Waals surface area (Å²) in [4.78, 5) is 0. The van der Waals surface area contributed by atoms with Crippen molar-refractivity contribution in [2.75, 3.05) is 5.32 Å². The summed E-state index contributed by atoms with van der Waals surface area (Å²) in [5, 5.41) is 20.6. The maximum Gasteiger partial charge on any atom is 0.178 e. The van der Waals surface area contributed by atoms with Gasteiger partial charge in [-0.25, -0.2) is 0 Å². The maximum atomic E-state index is 5.41. The summed E-state index contributed by atoms with van der Waals surface area (Å²) in [5.41, 5.74) is 2.75. The summed E-state index contributed by atoms with van der Waals surface area (Å²) in [6.45, 7) is 11.1. The van der Waals surface area contributed by atoms with E-state index in [-0.39, 0.29) is 5.41 Å². The van der Waals surface area contributed by atoms with Crippen molar-refractivity contribution in [1.29, 1.82) is 0 Å². The lowest BCUT2D eigenvalue weighted by atomic mass is 9.96. The van der Waals surface area contributed by atoms with Crippen molar-refractivity contribution in [3.8, 4) is 0 Å². The van der Waals surface area contributed by atoms with E-state index in [4.69, 9.17) is 4.52 Å². The number of nitrogens with one attached hydrogen (secondary N) is 1. The lowest BCUT2D eigenvalue weighted by molar-refractivity contribution is 0.380. The Balaban J connectivity index is 1.87. The van der Waals surface area contributed by atoms with Gasteiger partial charge in [-0.15, -0.1) is 15.3 Å². The van der Waals surface area contributed by atoms with Crippen LogP contribution in [-0.2, 0) is 24.8 Å². The van der Waals surface area contributed by atoms with E-state index in [0.29, 0.717) is 6.54 Å². The fraction of sp³-hybridized carbons (Fsp3) is 0.529. The number of nitrogens with zero attached hydrogens (tertiary/aromatic N) is 5. The van der Waals surface area contributed by atoms with Crippen LogP contribution in [0.5, 0.6) is 0 Å². The predicted molar refractivity (Wildman–Crippen MR) is 92.1 cm³/mol. The normalized spacial score (nSPS) is 12.0. The Kier molecular flexibility index (Phi) is 4.26. The highest BCUT2D eigenvalue weighted by atomic mass is 16.5. The number of aromatic nitrogens is 5. The molecule has 0 aliphatic heterocycles. The van der Waals surface area contributed by atoms with Crippen molar-refractivity contribution in [3.63, 3.8) is 0 Å². The van der Waals surface area contributed by atoms with Crippen LogP contribution in [0.2, 0.25) is 0 Å². The largest absolute Gasteiger partial charge is 0.364 e. The lowest BCUT2D eigenvalue weighted by Gasteiger charge is -2.15. The van der Waals surface area contributed by atoms with Gasteiger partial charge in [0.2, 0.25) is 0 Å². The second kappa shape index (κ2) is 6.22. The van der Waals surface area contributed by atoms with E-state index < -0.39 is 0 Å². The molecule has 3 aromatic rings. The highest BCUT2D eigenvalue weighted by Crippen LogP contribution is 2.21. The standard InChI is InChI=1S/C17H24N6O/c1-6-12-11(13(7-2)24-22-12)10-18-14-8-9-15-19-20-16(17(3,4)5)23(15)21-14/h8-9H,6-7,10H2,1-5H3,(H,18,21). The summed E-state index contributed by atoms with van der Waals surface area (Å²) in [7, 11) is 0. The molecule has 0 radical (unpaired) electrons. The molecule has 3 heterocycles. The zero-order valence-corrected chi connectivity index (χ0v) is 14.9. The van der Waals surface area contributed by atoms with Crippen LogP contribution in [0.15, 0.2) is 16.7 Å². The molecular formula is C17H24N6O. The first-order valence-corrected chi connectivity index (χ1v) is 8.37. The molecule has 0 spiro atoms. The molecule has 24 heavy (non-hydrogen) atoms. The highest BCUT2D eigenvalue weighted by Gasteiger charge is 2.22. The topological polar surface area (TPSA) is 81.1 Å². The van der Waals surface area contributed by atoms with E-state index in [2.05, 4.69) is 60.4 Å². The molecule has 0 aromatic carbocycles. The number of anilines is 1. The molecule has 128 valence electrons. The zero-order chi connectivity index (χ0) is 17.3. The molecule has 1 N–H and O–H groups in total. The smallest absolute Gasteiger partial charge is 0.178 e. The summed E-state index contributed by atoms with van der Waals surface area (Å²) in [5.74, 6) is 2.55. The minimum Gasteiger partial charge on any atom is -0.364 e. The molecule has 0 saturated heterocycles. The van der Waals surface area contributed by atoms with E-state index >= 15 is 0 Å². The molecule has 0 bridgehead atoms. The second-order valence-electron chi connectivity index (χ2n) is 6.85. The highest BCUT2D eigenvalue weighted by molar-refractivity contribution is 5.45. The molecule has 3 aromatic heterocycles. The van der Waals surface area contributed by atoms with Gasteiger partial charge in [-0.05, 0) is 18.6 Å². The monoisotopic (exact) mass is 328 g/mol. The zero-order valence-electron chi connectivity index (χ0n) is 14.9. The summed E-state index contributed by atoms with van der Waals surface area (Å²) >= 11 is 0. The average molecular weight is 328 g/mol. The molecule has 0 amide bonds. The van der Waals surface area contributed by atoms with Crippen molar-refractivity contribution in [2.24, 2.45) is 0 Å². The number of hydrogen-bond donors (Lipinski definition) is 1. The molecule has 0 aliphatic rings. The quantitative estimate of drug-likeness (QED) is 0.775. The van der Waals surface area contributed by atoms with Crippen molar-refractivity contribution in [1.82, 2.24) is 25.0 Å². The van der Waals surface area contributed by atoms with Gasteiger partial charge in [-0.3, -0.25) is 0 Å². The van der Waals surface area contributed by atoms with Gasteiger partial charge >= 0.3 is 0 Å². The van der Waals surface area contributed by atoms with Crippen LogP contribution in [0, 0.1) is 0 Å². The van der Waals surface area contributed by atoms with Gasteiger partial charge in [-0.2, -0.15) is 4.52 Å². The average Bonchev–Trinajstić information content (AvgIpc) is 3.15. The molecule has 7 heteroatoms. The Morgan fingerprint density at radius 2 is 1.92 bits per heavy atom. The van der Waals surface area contributed by atoms with E-state index in [1.54, 1.807) is 4.52 Å². The van der Waals surface area contributed by atoms with Crippen LogP contribution in [0.3, 0.4) is 0 Å². The van der Waals surface area contributed by atoms with Gasteiger partial charge < -0.3 is 9.84 Å². The van der Waals surface area contributed by atoms with Crippen molar-refractivity contribution in [3.05, 3.63) is 35.0 Å². The lowest BCUT2D eigenvalue weighted by Crippen LogP contribution is -2.17. The van der Waals surface area contributed by atoms with Crippen LogP contribution in [0.25, 0.3) is 5.65 Å². The Hall–Kier alpha value is -2.44. The van der Waals surface area contributed by atoms with Crippen LogP contribution in [0.4, 0.5) is 5.82 Å². The van der Waals surface area contributed by atoms with Crippen molar-refractivity contribution < 1.29 is 4.52 Å². The summed E-state index contributed by atoms with van der Waals surface area (Å²) < 4.78 is 7.21. The molecule has 0 atom stereocenters. The minimum atomic E-state index is -0.121. The van der Waals surface area contributed by atoms with Gasteiger partial charge in [0.25, 0.3) is 0 Å². The first-order chi connectivity index (χ1) is 11.4. The third kappa shape index (κ3) is 2.98. The van der Waals surface area contributed by atoms with Crippen molar-refractivity contribution in [2.45, 2.75) is 59.4 Å². The van der Waals surface area contributed by atoms with E-state index in [0.717, 1.165) is 47.1 Å². The number of rotatable bonds is 5. The molecule has 0 saturated carbocycles. The van der Waals surface area contributed by atoms with Crippen LogP contribution >= 0.6 is 0 Å². The molecule has 3 rings (SSSR count). The summed E-state index contributed by atoms with van der Waals surface area (Å²) in [6, 6.07) is 3.84. The van der Waals surface area contributed by atoms with Crippen LogP contribution < -0.4 is 5.32 Å². The van der Waals surface area contributed by atoms with Gasteiger partial charge in [0.1, 0.15) is 11.6 Å². The summed E-state index contributed by atoms with van der Waals surface area (Å²) in [6.07, 6.45) is 1.68. The van der Waals surface area contributed by atoms with E-state index in [1.165, 1.54) is 0 Å². The fourth-order valence-electron chi connectivity index (χ4n) is 2.67. The molecule has 0 fully saturated rings. The maximum absolute atomic E-state index is 5.41. The van der Waals surface area contributed by atoms with Gasteiger partial charge in [0.15, 0.2) is 11.5 Å². The van der Waals surface area contributed by atoms with Gasteiger partial charge in [0, 0.05) is 23.9 Å². The van der Waals surface area contributed by atoms with Crippen LogP contribution in [0.1, 0.15) is 57.5 Å². The third-order valence-electron chi connectivity index (χ3n) is 3.99. The van der Waals surface area contributed by atoms with Crippen LogP contribution in [-0.4, -0.2) is 25.0 Å². The Morgan fingerprint density at radius 1 is 1.12 bits per heavy atom. The number of hydrogen-bond acceptors (Lipinski definition) is 6. The third-order valence-corrected chi connectivity index (χ3v) is 3.99. The van der Waals surface area contributed by atoms with Gasteiger partial charge in [-0.1, -0.05) is 39.8 Å². The first kappa shape index (κ1) is 16.4. The second-order valence-corrected chi connectivity index (χ2v) is 6.85. The molecule has 0 unspecified atom stereocenters. The molecular weight excluding hydrogens is 304 g/mol. The Labute approximate surface area is 141 Å². The SMILES string of the molecule is CCc1noc(CC)c1CNc1ccc2nnc(C(C)(C)C)n2n1. The van der Waals surface area contributed by atoms with E-state index in [1.807, 2.05) is 12.1 Å². The molecule has 0 aliphatic carbocycles. The van der Waals surface area contributed by atoms with Crippen molar-refractivity contribution >= 4 is 11.5 Å². The number of fused-ring (bicyclic) bond motifs is 1. The predicted octanol–water partition coefficient (Wildman–Crippen LogP) is 3.15. The number of aryl methyl sites for hydroxylation is 2. The molecule has 7 nitrogen and oxygen atoms in total. The van der Waals surface area contributed by atoms with E-state index in [9.17, 15) is 0 Å². The first-order valence-electron chi connectivity index (χ1n) is 8.37. The van der Waals surface area contributed by atoms with Gasteiger partial charge in [0.05, 0.1) is 5.69 Å². The fourth-order valence-corrected chi connectivity index (χ4v) is 2.67. The Bertz CT molecular complexity index is 821.